The van der Waals surface area contributed by atoms with Crippen molar-refractivity contribution >= 4 is 12.0 Å². The highest BCUT2D eigenvalue weighted by Gasteiger charge is 2.35. The lowest BCUT2D eigenvalue weighted by atomic mass is 10.0. The number of carboxylic acid groups (broad SMARTS) is 1. The number of aliphatic carboxylic acids is 1. The van der Waals surface area contributed by atoms with Gasteiger partial charge in [-0.2, -0.15) is 0 Å². The topological polar surface area (TPSA) is 69.6 Å². The Morgan fingerprint density at radius 2 is 2.17 bits per heavy atom. The van der Waals surface area contributed by atoms with Gasteiger partial charge in [0.05, 0.1) is 18.5 Å². The van der Waals surface area contributed by atoms with Crippen molar-refractivity contribution in [3.63, 3.8) is 0 Å². The van der Waals surface area contributed by atoms with Crippen LogP contribution in [0.15, 0.2) is 30.3 Å². The Bertz CT molecular complexity index is 447. The molecule has 0 aromatic heterocycles. The highest BCUT2D eigenvalue weighted by Crippen LogP contribution is 2.26. The molecule has 5 nitrogen and oxygen atoms in total. The van der Waals surface area contributed by atoms with Crippen molar-refractivity contribution in [3.05, 3.63) is 35.9 Å². The standard InChI is InChI=1S/C13H16N2O3/c1-9(10-5-3-2-4-6-10)15-11(7-12(16)17)8-14-13(15)18/h2-6,9,11H,7-8H2,1H3,(H,14,18)(H,16,17). The molecule has 1 heterocycles. The third-order valence-electron chi connectivity index (χ3n) is 3.23. The quantitative estimate of drug-likeness (QED) is 0.850. The summed E-state index contributed by atoms with van der Waals surface area (Å²) >= 11 is 0. The van der Waals surface area contributed by atoms with Gasteiger partial charge in [0.1, 0.15) is 0 Å². The Kier molecular flexibility index (Phi) is 3.50. The van der Waals surface area contributed by atoms with Crippen molar-refractivity contribution in [2.24, 2.45) is 0 Å². The van der Waals surface area contributed by atoms with Crippen molar-refractivity contribution < 1.29 is 14.7 Å². The Morgan fingerprint density at radius 3 is 2.78 bits per heavy atom. The molecule has 2 N–H and O–H groups in total. The second-order valence-electron chi connectivity index (χ2n) is 4.43. The van der Waals surface area contributed by atoms with E-state index in [2.05, 4.69) is 5.32 Å². The zero-order valence-electron chi connectivity index (χ0n) is 10.2. The number of hydrogen-bond acceptors (Lipinski definition) is 2. The second-order valence-corrected chi connectivity index (χ2v) is 4.43. The SMILES string of the molecule is CC(c1ccccc1)N1C(=O)NCC1CC(=O)O. The predicted octanol–water partition coefficient (Wildman–Crippen LogP) is 1.62. The lowest BCUT2D eigenvalue weighted by Crippen LogP contribution is -2.37. The van der Waals surface area contributed by atoms with Crippen molar-refractivity contribution in [3.8, 4) is 0 Å². The number of rotatable bonds is 4. The molecule has 0 aliphatic carbocycles. The van der Waals surface area contributed by atoms with Crippen molar-refractivity contribution in [2.75, 3.05) is 6.54 Å². The maximum atomic E-state index is 11.8. The van der Waals surface area contributed by atoms with Crippen molar-refractivity contribution in [1.82, 2.24) is 10.2 Å². The van der Waals surface area contributed by atoms with Crippen LogP contribution in [0.2, 0.25) is 0 Å². The van der Waals surface area contributed by atoms with Gasteiger partial charge in [-0.05, 0) is 12.5 Å². The molecule has 0 bridgehead atoms. The minimum Gasteiger partial charge on any atom is -0.481 e. The lowest BCUT2D eigenvalue weighted by molar-refractivity contribution is -0.138. The molecule has 2 amide bonds. The van der Waals surface area contributed by atoms with E-state index in [0.29, 0.717) is 6.54 Å². The molecule has 1 saturated heterocycles. The number of benzene rings is 1. The highest BCUT2D eigenvalue weighted by molar-refractivity contribution is 5.79. The van der Waals surface area contributed by atoms with E-state index in [1.807, 2.05) is 37.3 Å². The minimum atomic E-state index is -0.887. The van der Waals surface area contributed by atoms with Crippen LogP contribution in [0.5, 0.6) is 0 Å². The summed E-state index contributed by atoms with van der Waals surface area (Å²) in [7, 11) is 0. The average molecular weight is 248 g/mol. The van der Waals surface area contributed by atoms with Gasteiger partial charge in [0.25, 0.3) is 0 Å². The number of amides is 2. The summed E-state index contributed by atoms with van der Waals surface area (Å²) in [4.78, 5) is 24.2. The van der Waals surface area contributed by atoms with E-state index in [4.69, 9.17) is 5.11 Å². The number of hydrogen-bond donors (Lipinski definition) is 2. The van der Waals surface area contributed by atoms with Crippen LogP contribution in [0.1, 0.15) is 24.9 Å². The smallest absolute Gasteiger partial charge is 0.318 e. The first kappa shape index (κ1) is 12.4. The van der Waals surface area contributed by atoms with Crippen LogP contribution < -0.4 is 5.32 Å². The van der Waals surface area contributed by atoms with Gasteiger partial charge in [-0.3, -0.25) is 4.79 Å². The number of carbonyl (C=O) groups excluding carboxylic acids is 1. The number of nitrogens with one attached hydrogen (secondary N) is 1. The number of carbonyl (C=O) groups is 2. The summed E-state index contributed by atoms with van der Waals surface area (Å²) in [6.45, 7) is 2.30. The van der Waals surface area contributed by atoms with Gasteiger partial charge in [0.15, 0.2) is 0 Å². The van der Waals surface area contributed by atoms with E-state index in [1.165, 1.54) is 0 Å². The summed E-state index contributed by atoms with van der Waals surface area (Å²) in [5, 5.41) is 11.6. The zero-order valence-corrected chi connectivity index (χ0v) is 10.2. The van der Waals surface area contributed by atoms with E-state index in [1.54, 1.807) is 4.90 Å². The third-order valence-corrected chi connectivity index (χ3v) is 3.23. The molecule has 2 rings (SSSR count). The zero-order chi connectivity index (χ0) is 13.1. The first-order chi connectivity index (χ1) is 8.59. The molecule has 18 heavy (non-hydrogen) atoms. The van der Waals surface area contributed by atoms with Crippen LogP contribution in [0.4, 0.5) is 4.79 Å². The van der Waals surface area contributed by atoms with Crippen molar-refractivity contribution in [2.45, 2.75) is 25.4 Å². The molecule has 0 radical (unpaired) electrons. The van der Waals surface area contributed by atoms with Crippen LogP contribution in [0, 0.1) is 0 Å². The molecule has 96 valence electrons. The highest BCUT2D eigenvalue weighted by atomic mass is 16.4. The lowest BCUT2D eigenvalue weighted by Gasteiger charge is -2.29. The van der Waals surface area contributed by atoms with Crippen LogP contribution in [-0.2, 0) is 4.79 Å². The van der Waals surface area contributed by atoms with Crippen LogP contribution in [0.25, 0.3) is 0 Å². The molecule has 1 fully saturated rings. The predicted molar refractivity (Wildman–Crippen MR) is 66.1 cm³/mol. The minimum absolute atomic E-state index is 0.0318. The van der Waals surface area contributed by atoms with E-state index in [-0.39, 0.29) is 24.5 Å². The first-order valence-electron chi connectivity index (χ1n) is 5.92. The van der Waals surface area contributed by atoms with Crippen LogP contribution >= 0.6 is 0 Å². The number of urea groups is 1. The maximum Gasteiger partial charge on any atom is 0.318 e. The van der Waals surface area contributed by atoms with E-state index in [0.717, 1.165) is 5.56 Å². The van der Waals surface area contributed by atoms with Gasteiger partial charge in [0, 0.05) is 6.54 Å². The summed E-state index contributed by atoms with van der Waals surface area (Å²) < 4.78 is 0. The van der Waals surface area contributed by atoms with E-state index < -0.39 is 5.97 Å². The van der Waals surface area contributed by atoms with Crippen LogP contribution in [0.3, 0.4) is 0 Å². The normalized spacial score (nSPS) is 20.6. The van der Waals surface area contributed by atoms with E-state index in [9.17, 15) is 9.59 Å². The molecule has 2 unspecified atom stereocenters. The molecular formula is C13H16N2O3. The largest absolute Gasteiger partial charge is 0.481 e. The number of nitrogens with zero attached hydrogens (tertiary/aromatic N) is 1. The van der Waals surface area contributed by atoms with Gasteiger partial charge in [-0.1, -0.05) is 30.3 Å². The monoisotopic (exact) mass is 248 g/mol. The van der Waals surface area contributed by atoms with Crippen LogP contribution in [-0.4, -0.2) is 34.6 Å². The fraction of sp³-hybridized carbons (Fsp3) is 0.385. The fourth-order valence-corrected chi connectivity index (χ4v) is 2.32. The molecule has 1 aromatic carbocycles. The molecule has 0 saturated carbocycles. The van der Waals surface area contributed by atoms with E-state index >= 15 is 0 Å². The second kappa shape index (κ2) is 5.08. The van der Waals surface area contributed by atoms with Gasteiger partial charge < -0.3 is 15.3 Å². The van der Waals surface area contributed by atoms with Gasteiger partial charge in [-0.25, -0.2) is 4.79 Å². The summed E-state index contributed by atoms with van der Waals surface area (Å²) in [6.07, 6.45) is -0.0318. The fourth-order valence-electron chi connectivity index (χ4n) is 2.32. The van der Waals surface area contributed by atoms with Gasteiger partial charge >= 0.3 is 12.0 Å². The van der Waals surface area contributed by atoms with Gasteiger partial charge in [-0.15, -0.1) is 0 Å². The summed E-state index contributed by atoms with van der Waals surface area (Å²) in [5.41, 5.74) is 1.00. The first-order valence-corrected chi connectivity index (χ1v) is 5.92. The molecule has 1 aliphatic rings. The molecule has 0 spiro atoms. The average Bonchev–Trinajstić information content (AvgIpc) is 2.70. The molecule has 1 aliphatic heterocycles. The van der Waals surface area contributed by atoms with Gasteiger partial charge in [0.2, 0.25) is 0 Å². The summed E-state index contributed by atoms with van der Waals surface area (Å²) in [6, 6.07) is 9.00. The Morgan fingerprint density at radius 1 is 1.50 bits per heavy atom. The summed E-state index contributed by atoms with van der Waals surface area (Å²) in [5.74, 6) is -0.887. The Hall–Kier alpha value is -2.04. The molecule has 1 aromatic rings. The number of carboxylic acids is 1. The maximum absolute atomic E-state index is 11.8. The molecular weight excluding hydrogens is 232 g/mol. The molecule has 5 heteroatoms. The van der Waals surface area contributed by atoms with Crippen molar-refractivity contribution in [1.29, 1.82) is 0 Å². The Labute approximate surface area is 105 Å². The Balaban J connectivity index is 2.18. The third kappa shape index (κ3) is 2.45. The molecule has 2 atom stereocenters.